The van der Waals surface area contributed by atoms with Gasteiger partial charge in [0.2, 0.25) is 15.9 Å². The Morgan fingerprint density at radius 1 is 0.857 bits per heavy atom. The van der Waals surface area contributed by atoms with Crippen LogP contribution in [0.25, 0.3) is 0 Å². The third-order valence-electron chi connectivity index (χ3n) is 4.47. The lowest BCUT2D eigenvalue weighted by atomic mass is 10.1. The van der Waals surface area contributed by atoms with Gasteiger partial charge in [-0.25, -0.2) is 13.1 Å². The van der Waals surface area contributed by atoms with Gasteiger partial charge in [0.1, 0.15) is 0 Å². The molecule has 5 nitrogen and oxygen atoms in total. The highest BCUT2D eigenvalue weighted by Gasteiger charge is 2.12. The molecule has 0 radical (unpaired) electrons. The molecule has 1 amide bonds. The molecule has 0 fully saturated rings. The average Bonchev–Trinajstić information content (AvgIpc) is 2.70. The summed E-state index contributed by atoms with van der Waals surface area (Å²) in [5.74, 6) is -0.0531. The number of hydrogen-bond acceptors (Lipinski definition) is 3. The predicted octanol–water partition coefficient (Wildman–Crippen LogP) is 4.29. The average molecular weight is 403 g/mol. The number of rotatable bonds is 11. The smallest absolute Gasteiger partial charge is 0.240 e. The van der Waals surface area contributed by atoms with E-state index in [9.17, 15) is 13.2 Å². The minimum atomic E-state index is -3.45. The van der Waals surface area contributed by atoms with Crippen LogP contribution in [0.1, 0.15) is 50.7 Å². The first kappa shape index (κ1) is 22.1. The highest BCUT2D eigenvalue weighted by atomic mass is 32.2. The highest BCUT2D eigenvalue weighted by Crippen LogP contribution is 2.14. The first-order valence-corrected chi connectivity index (χ1v) is 11.4. The van der Waals surface area contributed by atoms with Crippen molar-refractivity contribution in [1.29, 1.82) is 0 Å². The molecule has 0 spiro atoms. The predicted molar refractivity (Wildman–Crippen MR) is 114 cm³/mol. The van der Waals surface area contributed by atoms with E-state index in [0.717, 1.165) is 24.1 Å². The molecule has 2 aromatic rings. The number of aryl methyl sites for hydroxylation is 2. The number of nitrogens with one attached hydrogen (secondary N) is 2. The summed E-state index contributed by atoms with van der Waals surface area (Å²) in [6.45, 7) is 4.51. The lowest BCUT2D eigenvalue weighted by Crippen LogP contribution is -2.24. The maximum absolute atomic E-state index is 12.2. The van der Waals surface area contributed by atoms with Gasteiger partial charge in [-0.2, -0.15) is 0 Å². The first-order chi connectivity index (χ1) is 13.4. The van der Waals surface area contributed by atoms with Crippen molar-refractivity contribution < 1.29 is 13.2 Å². The second kappa shape index (κ2) is 11.0. The second-order valence-corrected chi connectivity index (χ2v) is 8.66. The molecular formula is C22H30N2O3S. The van der Waals surface area contributed by atoms with Crippen LogP contribution in [0.3, 0.4) is 0 Å². The lowest BCUT2D eigenvalue weighted by Gasteiger charge is -2.08. The minimum absolute atomic E-state index is 0.0531. The Hall–Kier alpha value is -2.18. The molecule has 0 heterocycles. The van der Waals surface area contributed by atoms with Gasteiger partial charge in [0.15, 0.2) is 0 Å². The van der Waals surface area contributed by atoms with Crippen molar-refractivity contribution >= 4 is 21.6 Å². The molecule has 0 aliphatic carbocycles. The Kier molecular flexibility index (Phi) is 8.67. The Labute approximate surface area is 168 Å². The first-order valence-electron chi connectivity index (χ1n) is 9.92. The maximum atomic E-state index is 12.2. The molecule has 2 rings (SSSR count). The molecule has 0 unspecified atom stereocenters. The van der Waals surface area contributed by atoms with Crippen molar-refractivity contribution in [2.24, 2.45) is 0 Å². The van der Waals surface area contributed by atoms with Crippen LogP contribution in [-0.2, 0) is 27.7 Å². The SMILES string of the molecule is CCCCc1ccc(NC(=O)CCc2ccc(S(=O)(=O)NCCC)cc2)cc1. The van der Waals surface area contributed by atoms with E-state index in [1.165, 1.54) is 18.4 Å². The van der Waals surface area contributed by atoms with Gasteiger partial charge in [-0.15, -0.1) is 0 Å². The largest absolute Gasteiger partial charge is 0.326 e. The van der Waals surface area contributed by atoms with E-state index >= 15 is 0 Å². The van der Waals surface area contributed by atoms with Crippen molar-refractivity contribution in [2.45, 2.75) is 57.3 Å². The summed E-state index contributed by atoms with van der Waals surface area (Å²) in [5.41, 5.74) is 3.01. The molecule has 152 valence electrons. The topological polar surface area (TPSA) is 75.3 Å². The molecule has 0 aromatic heterocycles. The summed E-state index contributed by atoms with van der Waals surface area (Å²) < 4.78 is 26.7. The molecule has 2 N–H and O–H groups in total. The fourth-order valence-electron chi connectivity index (χ4n) is 2.77. The van der Waals surface area contributed by atoms with Gasteiger partial charge in [0.25, 0.3) is 0 Å². The zero-order valence-corrected chi connectivity index (χ0v) is 17.5. The maximum Gasteiger partial charge on any atom is 0.240 e. The van der Waals surface area contributed by atoms with E-state index in [-0.39, 0.29) is 10.8 Å². The third-order valence-corrected chi connectivity index (χ3v) is 5.95. The molecular weight excluding hydrogens is 372 g/mol. The van der Waals surface area contributed by atoms with E-state index in [0.29, 0.717) is 19.4 Å². The molecule has 0 aliphatic heterocycles. The molecule has 28 heavy (non-hydrogen) atoms. The van der Waals surface area contributed by atoms with Crippen molar-refractivity contribution in [3.63, 3.8) is 0 Å². The van der Waals surface area contributed by atoms with Crippen LogP contribution in [-0.4, -0.2) is 20.9 Å². The van der Waals surface area contributed by atoms with E-state index < -0.39 is 10.0 Å². The van der Waals surface area contributed by atoms with E-state index in [4.69, 9.17) is 0 Å². The molecule has 0 bridgehead atoms. The monoisotopic (exact) mass is 402 g/mol. The molecule has 0 saturated heterocycles. The van der Waals surface area contributed by atoms with Crippen molar-refractivity contribution in [3.8, 4) is 0 Å². The van der Waals surface area contributed by atoms with Gasteiger partial charge in [-0.3, -0.25) is 4.79 Å². The molecule has 0 atom stereocenters. The number of carbonyl (C=O) groups is 1. The number of unbranched alkanes of at least 4 members (excludes halogenated alkanes) is 1. The highest BCUT2D eigenvalue weighted by molar-refractivity contribution is 7.89. The van der Waals surface area contributed by atoms with Gasteiger partial charge in [-0.05, 0) is 61.1 Å². The van der Waals surface area contributed by atoms with Crippen LogP contribution >= 0.6 is 0 Å². The summed E-state index contributed by atoms with van der Waals surface area (Å²) in [6.07, 6.45) is 5.04. The number of sulfonamides is 1. The van der Waals surface area contributed by atoms with Gasteiger partial charge >= 0.3 is 0 Å². The van der Waals surface area contributed by atoms with Crippen LogP contribution in [0.15, 0.2) is 53.4 Å². The van der Waals surface area contributed by atoms with E-state index in [1.807, 2.05) is 19.1 Å². The fourth-order valence-corrected chi connectivity index (χ4v) is 3.91. The quantitative estimate of drug-likeness (QED) is 0.589. The molecule has 6 heteroatoms. The van der Waals surface area contributed by atoms with Crippen LogP contribution in [0.5, 0.6) is 0 Å². The van der Waals surface area contributed by atoms with Crippen molar-refractivity contribution in [2.75, 3.05) is 11.9 Å². The van der Waals surface area contributed by atoms with Crippen LogP contribution in [0.2, 0.25) is 0 Å². The van der Waals surface area contributed by atoms with E-state index in [2.05, 4.69) is 29.1 Å². The summed E-state index contributed by atoms with van der Waals surface area (Å²) in [6, 6.07) is 14.7. The van der Waals surface area contributed by atoms with Crippen LogP contribution in [0, 0.1) is 0 Å². The molecule has 0 saturated carbocycles. The zero-order chi connectivity index (χ0) is 20.4. The summed E-state index contributed by atoms with van der Waals surface area (Å²) in [5, 5.41) is 2.91. The van der Waals surface area contributed by atoms with Gasteiger partial charge in [-0.1, -0.05) is 44.5 Å². The van der Waals surface area contributed by atoms with Crippen LogP contribution in [0.4, 0.5) is 5.69 Å². The summed E-state index contributed by atoms with van der Waals surface area (Å²) in [4.78, 5) is 12.4. The van der Waals surface area contributed by atoms with Crippen LogP contribution < -0.4 is 10.0 Å². The van der Waals surface area contributed by atoms with Crippen molar-refractivity contribution in [3.05, 3.63) is 59.7 Å². The summed E-state index contributed by atoms with van der Waals surface area (Å²) >= 11 is 0. The number of amides is 1. The normalized spacial score (nSPS) is 11.4. The van der Waals surface area contributed by atoms with Gasteiger partial charge < -0.3 is 5.32 Å². The Morgan fingerprint density at radius 3 is 2.07 bits per heavy atom. The molecule has 0 aliphatic rings. The Bertz CT molecular complexity index is 844. The van der Waals surface area contributed by atoms with Gasteiger partial charge in [0.05, 0.1) is 4.90 Å². The van der Waals surface area contributed by atoms with E-state index in [1.54, 1.807) is 24.3 Å². The zero-order valence-electron chi connectivity index (χ0n) is 16.7. The number of benzene rings is 2. The Balaban J connectivity index is 1.84. The number of hydrogen-bond donors (Lipinski definition) is 2. The Morgan fingerprint density at radius 2 is 1.46 bits per heavy atom. The van der Waals surface area contributed by atoms with Gasteiger partial charge in [0, 0.05) is 18.7 Å². The lowest BCUT2D eigenvalue weighted by molar-refractivity contribution is -0.116. The third kappa shape index (κ3) is 7.09. The number of anilines is 1. The number of carbonyl (C=O) groups excluding carboxylic acids is 1. The second-order valence-electron chi connectivity index (χ2n) is 6.89. The molecule has 2 aromatic carbocycles. The van der Waals surface area contributed by atoms with Crippen molar-refractivity contribution in [1.82, 2.24) is 4.72 Å². The fraction of sp³-hybridized carbons (Fsp3) is 0.409. The summed E-state index contributed by atoms with van der Waals surface area (Å²) in [7, 11) is -3.45. The minimum Gasteiger partial charge on any atom is -0.326 e. The standard InChI is InChI=1S/C22H30N2O3S/c1-3-5-6-18-7-12-20(13-8-18)24-22(25)16-11-19-9-14-21(15-10-19)28(26,27)23-17-4-2/h7-10,12-15,23H,3-6,11,16-17H2,1-2H3,(H,24,25).